The van der Waals surface area contributed by atoms with Gasteiger partial charge in [-0.25, -0.2) is 24.9 Å². The molecule has 4 aromatic heterocycles. The fourth-order valence-corrected chi connectivity index (χ4v) is 4.77. The number of H-pyrrole nitrogens is 1. The molecule has 38 heavy (non-hydrogen) atoms. The number of hydrogen-bond donors (Lipinski definition) is 1. The Morgan fingerprint density at radius 2 is 1.84 bits per heavy atom. The minimum absolute atomic E-state index is 0.0514. The molecule has 11 heteroatoms. The van der Waals surface area contributed by atoms with Gasteiger partial charge in [-0.05, 0) is 18.4 Å². The van der Waals surface area contributed by atoms with Gasteiger partial charge in [0.1, 0.15) is 17.7 Å². The number of fused-ring (bicyclic) bond motifs is 1. The van der Waals surface area contributed by atoms with E-state index in [9.17, 15) is 13.2 Å². The number of ether oxygens (including phenoxy) is 1. The number of imidazole rings is 1. The van der Waals surface area contributed by atoms with E-state index in [0.717, 1.165) is 52.5 Å². The topological polar surface area (TPSA) is 94.4 Å². The summed E-state index contributed by atoms with van der Waals surface area (Å²) in [6.45, 7) is 2.06. The van der Waals surface area contributed by atoms with Crippen LogP contribution in [0, 0.1) is 0 Å². The van der Waals surface area contributed by atoms with Crippen molar-refractivity contribution in [2.45, 2.75) is 37.8 Å². The van der Waals surface area contributed by atoms with Crippen molar-refractivity contribution >= 4 is 11.0 Å². The Hall–Kier alpha value is -4.28. The van der Waals surface area contributed by atoms with Gasteiger partial charge in [-0.1, -0.05) is 31.2 Å². The van der Waals surface area contributed by atoms with Crippen molar-refractivity contribution in [2.24, 2.45) is 7.05 Å². The fraction of sp³-hybridized carbons (Fsp3) is 0.296. The quantitative estimate of drug-likeness (QED) is 0.301. The van der Waals surface area contributed by atoms with Crippen molar-refractivity contribution in [2.75, 3.05) is 7.11 Å². The maximum atomic E-state index is 13.1. The zero-order chi connectivity index (χ0) is 26.6. The lowest BCUT2D eigenvalue weighted by Gasteiger charge is -2.13. The van der Waals surface area contributed by atoms with Crippen LogP contribution < -0.4 is 4.74 Å². The average molecular weight is 520 g/mol. The first kappa shape index (κ1) is 24.1. The zero-order valence-corrected chi connectivity index (χ0v) is 20.9. The maximum Gasteiger partial charge on any atom is 0.434 e. The van der Waals surface area contributed by atoms with Gasteiger partial charge in [0.15, 0.2) is 11.5 Å². The van der Waals surface area contributed by atoms with Crippen LogP contribution in [-0.2, 0) is 13.2 Å². The number of rotatable bonds is 6. The number of aromatic nitrogens is 7. The van der Waals surface area contributed by atoms with E-state index < -0.39 is 11.9 Å². The maximum absolute atomic E-state index is 13.1. The van der Waals surface area contributed by atoms with Crippen LogP contribution in [0.2, 0.25) is 0 Å². The van der Waals surface area contributed by atoms with Crippen molar-refractivity contribution in [3.05, 3.63) is 71.7 Å². The molecule has 1 fully saturated rings. The summed E-state index contributed by atoms with van der Waals surface area (Å²) < 4.78 is 46.2. The third-order valence-electron chi connectivity index (χ3n) is 6.97. The Morgan fingerprint density at radius 3 is 2.50 bits per heavy atom. The van der Waals surface area contributed by atoms with Crippen LogP contribution in [0.3, 0.4) is 0 Å². The van der Waals surface area contributed by atoms with E-state index in [2.05, 4.69) is 31.8 Å². The van der Waals surface area contributed by atoms with Crippen LogP contribution in [-0.4, -0.2) is 41.6 Å². The van der Waals surface area contributed by atoms with Crippen LogP contribution in [0.15, 0.2) is 49.2 Å². The molecule has 6 rings (SSSR count). The molecule has 194 valence electrons. The molecule has 1 aliphatic carbocycles. The number of alkyl halides is 3. The molecule has 0 spiro atoms. The van der Waals surface area contributed by atoms with E-state index in [1.165, 1.54) is 10.9 Å². The summed E-state index contributed by atoms with van der Waals surface area (Å²) in [5.74, 6) is 1.52. The van der Waals surface area contributed by atoms with Gasteiger partial charge >= 0.3 is 6.18 Å². The Labute approximate surface area is 216 Å². The molecule has 1 N–H and O–H groups in total. The highest BCUT2D eigenvalue weighted by molar-refractivity contribution is 5.82. The Morgan fingerprint density at radius 1 is 1.08 bits per heavy atom. The van der Waals surface area contributed by atoms with E-state index >= 15 is 0 Å². The second-order valence-electron chi connectivity index (χ2n) is 9.52. The summed E-state index contributed by atoms with van der Waals surface area (Å²) in [6, 6.07) is 7.39. The summed E-state index contributed by atoms with van der Waals surface area (Å²) in [5.41, 5.74) is 4.84. The van der Waals surface area contributed by atoms with Crippen molar-refractivity contribution in [3.8, 4) is 28.7 Å². The second-order valence-corrected chi connectivity index (χ2v) is 9.52. The molecule has 4 heterocycles. The summed E-state index contributed by atoms with van der Waals surface area (Å²) >= 11 is 0. The Bertz CT molecular complexity index is 1640. The number of aromatic amines is 1. The van der Waals surface area contributed by atoms with Gasteiger partial charge in [0, 0.05) is 42.4 Å². The Balaban J connectivity index is 1.35. The van der Waals surface area contributed by atoms with Gasteiger partial charge in [-0.3, -0.25) is 0 Å². The van der Waals surface area contributed by atoms with E-state index in [0.29, 0.717) is 23.2 Å². The number of methoxy groups -OCH3 is 1. The third-order valence-corrected chi connectivity index (χ3v) is 6.97. The van der Waals surface area contributed by atoms with Crippen LogP contribution in [0.4, 0.5) is 13.2 Å². The molecule has 1 saturated carbocycles. The van der Waals surface area contributed by atoms with E-state index in [1.54, 1.807) is 32.5 Å². The average Bonchev–Trinajstić information content (AvgIpc) is 3.55. The summed E-state index contributed by atoms with van der Waals surface area (Å²) in [7, 11) is 3.13. The molecule has 1 atom stereocenters. The molecular formula is C27H24F3N7O. The number of aryl methyl sites for hydroxylation is 1. The molecule has 0 saturated heterocycles. The second kappa shape index (κ2) is 8.93. The van der Waals surface area contributed by atoms with Crippen molar-refractivity contribution in [1.82, 2.24) is 34.5 Å². The van der Waals surface area contributed by atoms with Crippen LogP contribution in [0.1, 0.15) is 54.1 Å². The van der Waals surface area contributed by atoms with Crippen LogP contribution in [0.25, 0.3) is 33.8 Å². The highest BCUT2D eigenvalue weighted by atomic mass is 19.4. The number of hydrogen-bond acceptors (Lipinski definition) is 6. The van der Waals surface area contributed by atoms with Crippen molar-refractivity contribution in [3.63, 3.8) is 0 Å². The van der Waals surface area contributed by atoms with E-state index in [1.807, 2.05) is 18.3 Å². The van der Waals surface area contributed by atoms with Gasteiger partial charge in [0.05, 0.1) is 30.0 Å². The van der Waals surface area contributed by atoms with Gasteiger partial charge < -0.3 is 14.3 Å². The first-order valence-electron chi connectivity index (χ1n) is 12.2. The van der Waals surface area contributed by atoms with Gasteiger partial charge in [-0.15, -0.1) is 0 Å². The monoisotopic (exact) mass is 519 g/mol. The Kier molecular flexibility index (Phi) is 5.66. The van der Waals surface area contributed by atoms with Gasteiger partial charge in [0.25, 0.3) is 0 Å². The predicted octanol–water partition coefficient (Wildman–Crippen LogP) is 5.87. The minimum atomic E-state index is -4.49. The molecule has 0 bridgehead atoms. The SMILES string of the molecule is COc1ncnc(C2CC2)c1-c1ncc2[nH]cc(C(C)c3ccc(-c4nc(C(F)(F)F)cn4C)cc3)c2n1. The summed E-state index contributed by atoms with van der Waals surface area (Å²) in [6.07, 6.45) is 3.81. The van der Waals surface area contributed by atoms with Crippen molar-refractivity contribution in [1.29, 1.82) is 0 Å². The molecular weight excluding hydrogens is 495 g/mol. The molecule has 0 radical (unpaired) electrons. The first-order chi connectivity index (χ1) is 18.2. The molecule has 1 unspecified atom stereocenters. The summed E-state index contributed by atoms with van der Waals surface area (Å²) in [4.78, 5) is 25.3. The lowest BCUT2D eigenvalue weighted by Crippen LogP contribution is -2.04. The number of nitrogens with one attached hydrogen (secondary N) is 1. The molecule has 5 aromatic rings. The predicted molar refractivity (Wildman–Crippen MR) is 135 cm³/mol. The lowest BCUT2D eigenvalue weighted by atomic mass is 9.93. The first-order valence-corrected chi connectivity index (χ1v) is 12.2. The molecule has 0 aliphatic heterocycles. The zero-order valence-electron chi connectivity index (χ0n) is 20.9. The number of benzene rings is 1. The van der Waals surface area contributed by atoms with Gasteiger partial charge in [-0.2, -0.15) is 13.2 Å². The third kappa shape index (κ3) is 4.17. The van der Waals surface area contributed by atoms with Crippen LogP contribution in [0.5, 0.6) is 5.88 Å². The van der Waals surface area contributed by atoms with E-state index in [4.69, 9.17) is 9.72 Å². The van der Waals surface area contributed by atoms with Crippen molar-refractivity contribution < 1.29 is 17.9 Å². The number of halogens is 3. The standard InChI is InChI=1S/C27H24F3N7O/c1-14(15-4-8-17(9-5-15)25-35-20(12-37(25)2)27(28,29)30)18-10-31-19-11-32-24(36-23(18)19)21-22(16-6-7-16)33-13-34-26(21)38-3/h4-5,8-14,16,31H,6-7H2,1-3H3. The molecule has 8 nitrogen and oxygen atoms in total. The normalized spacial score (nSPS) is 14.7. The molecule has 1 aliphatic rings. The molecule has 1 aromatic carbocycles. The minimum Gasteiger partial charge on any atom is -0.480 e. The van der Waals surface area contributed by atoms with Gasteiger partial charge in [0.2, 0.25) is 5.88 Å². The highest BCUT2D eigenvalue weighted by Gasteiger charge is 2.35. The lowest BCUT2D eigenvalue weighted by molar-refractivity contribution is -0.140. The van der Waals surface area contributed by atoms with Crippen LogP contribution >= 0.6 is 0 Å². The fourth-order valence-electron chi connectivity index (χ4n) is 4.77. The highest BCUT2D eigenvalue weighted by Crippen LogP contribution is 2.45. The largest absolute Gasteiger partial charge is 0.480 e. The smallest absolute Gasteiger partial charge is 0.434 e. The number of nitrogens with zero attached hydrogens (tertiary/aromatic N) is 6. The summed E-state index contributed by atoms with van der Waals surface area (Å²) in [5, 5.41) is 0. The van der Waals surface area contributed by atoms with E-state index in [-0.39, 0.29) is 11.7 Å². The molecule has 0 amide bonds.